The molecule has 1 aliphatic rings. The molecular weight excluding hydrogens is 250 g/mol. The number of hydrogen-bond donors (Lipinski definition) is 1. The second kappa shape index (κ2) is 5.49. The van der Waals surface area contributed by atoms with Gasteiger partial charge in [0.05, 0.1) is 6.61 Å². The first-order valence-corrected chi connectivity index (χ1v) is 7.12. The molecule has 0 aliphatic heterocycles. The SMILES string of the molecule is CCOc1ccc(-c2nc3c(c(NC)n2)CCC3)cc1. The average Bonchev–Trinajstić information content (AvgIpc) is 2.95. The van der Waals surface area contributed by atoms with Gasteiger partial charge < -0.3 is 10.1 Å². The molecule has 4 nitrogen and oxygen atoms in total. The predicted molar refractivity (Wildman–Crippen MR) is 80.2 cm³/mol. The largest absolute Gasteiger partial charge is 0.494 e. The van der Waals surface area contributed by atoms with E-state index in [4.69, 9.17) is 9.72 Å². The molecule has 1 aromatic carbocycles. The summed E-state index contributed by atoms with van der Waals surface area (Å²) >= 11 is 0. The Morgan fingerprint density at radius 2 is 1.95 bits per heavy atom. The van der Waals surface area contributed by atoms with E-state index in [1.165, 1.54) is 17.7 Å². The lowest BCUT2D eigenvalue weighted by Crippen LogP contribution is -2.03. The Hall–Kier alpha value is -2.10. The third-order valence-corrected chi connectivity index (χ3v) is 3.59. The minimum atomic E-state index is 0.679. The van der Waals surface area contributed by atoms with Crippen LogP contribution in [0.25, 0.3) is 11.4 Å². The molecule has 1 aromatic heterocycles. The highest BCUT2D eigenvalue weighted by atomic mass is 16.5. The monoisotopic (exact) mass is 269 g/mol. The zero-order valence-electron chi connectivity index (χ0n) is 11.9. The van der Waals surface area contributed by atoms with E-state index >= 15 is 0 Å². The van der Waals surface area contributed by atoms with Crippen LogP contribution in [-0.2, 0) is 12.8 Å². The van der Waals surface area contributed by atoms with Crippen LogP contribution in [0.4, 0.5) is 5.82 Å². The first-order chi connectivity index (χ1) is 9.81. The fraction of sp³-hybridized carbons (Fsp3) is 0.375. The number of anilines is 1. The Morgan fingerprint density at radius 1 is 1.15 bits per heavy atom. The molecule has 1 aliphatic carbocycles. The Kier molecular flexibility index (Phi) is 3.54. The molecule has 0 unspecified atom stereocenters. The van der Waals surface area contributed by atoms with Crippen molar-refractivity contribution in [2.75, 3.05) is 19.0 Å². The number of aromatic nitrogens is 2. The van der Waals surface area contributed by atoms with E-state index in [9.17, 15) is 0 Å². The van der Waals surface area contributed by atoms with Gasteiger partial charge in [-0.2, -0.15) is 0 Å². The summed E-state index contributed by atoms with van der Waals surface area (Å²) in [6.07, 6.45) is 3.30. The van der Waals surface area contributed by atoms with Crippen molar-refractivity contribution in [2.45, 2.75) is 26.2 Å². The van der Waals surface area contributed by atoms with Gasteiger partial charge >= 0.3 is 0 Å². The van der Waals surface area contributed by atoms with Crippen LogP contribution in [0, 0.1) is 0 Å². The number of hydrogen-bond acceptors (Lipinski definition) is 4. The van der Waals surface area contributed by atoms with Crippen LogP contribution in [0.1, 0.15) is 24.6 Å². The third kappa shape index (κ3) is 2.33. The van der Waals surface area contributed by atoms with E-state index in [-0.39, 0.29) is 0 Å². The second-order valence-corrected chi connectivity index (χ2v) is 4.88. The molecule has 20 heavy (non-hydrogen) atoms. The van der Waals surface area contributed by atoms with Crippen LogP contribution < -0.4 is 10.1 Å². The quantitative estimate of drug-likeness (QED) is 0.926. The zero-order chi connectivity index (χ0) is 13.9. The van der Waals surface area contributed by atoms with Crippen LogP contribution in [0.3, 0.4) is 0 Å². The Balaban J connectivity index is 1.97. The first-order valence-electron chi connectivity index (χ1n) is 7.12. The normalized spacial score (nSPS) is 13.1. The molecule has 0 fully saturated rings. The van der Waals surface area contributed by atoms with Crippen molar-refractivity contribution in [3.05, 3.63) is 35.5 Å². The standard InChI is InChI=1S/C16H19N3O/c1-3-20-12-9-7-11(8-10-12)15-18-14-6-4-5-13(14)16(17-2)19-15/h7-10H,3-6H2,1-2H3,(H,17,18,19). The summed E-state index contributed by atoms with van der Waals surface area (Å²) in [7, 11) is 1.92. The second-order valence-electron chi connectivity index (χ2n) is 4.88. The summed E-state index contributed by atoms with van der Waals surface area (Å²) in [4.78, 5) is 9.36. The minimum Gasteiger partial charge on any atom is -0.494 e. The smallest absolute Gasteiger partial charge is 0.161 e. The van der Waals surface area contributed by atoms with Gasteiger partial charge in [-0.15, -0.1) is 0 Å². The van der Waals surface area contributed by atoms with Crippen LogP contribution in [0.5, 0.6) is 5.75 Å². The predicted octanol–water partition coefficient (Wildman–Crippen LogP) is 3.07. The number of benzene rings is 1. The molecule has 104 valence electrons. The Labute approximate surface area is 119 Å². The highest BCUT2D eigenvalue weighted by Gasteiger charge is 2.19. The van der Waals surface area contributed by atoms with Crippen molar-refractivity contribution in [3.63, 3.8) is 0 Å². The van der Waals surface area contributed by atoms with Crippen LogP contribution in [0.2, 0.25) is 0 Å². The average molecular weight is 269 g/mol. The van der Waals surface area contributed by atoms with Crippen molar-refractivity contribution in [1.82, 2.24) is 9.97 Å². The summed E-state index contributed by atoms with van der Waals surface area (Å²) in [5.41, 5.74) is 3.50. The molecule has 0 radical (unpaired) electrons. The molecule has 1 heterocycles. The maximum absolute atomic E-state index is 5.46. The highest BCUT2D eigenvalue weighted by Crippen LogP contribution is 2.29. The number of ether oxygens (including phenoxy) is 1. The lowest BCUT2D eigenvalue weighted by Gasteiger charge is -2.10. The van der Waals surface area contributed by atoms with Gasteiger partial charge in [0.25, 0.3) is 0 Å². The van der Waals surface area contributed by atoms with E-state index in [0.29, 0.717) is 6.61 Å². The summed E-state index contributed by atoms with van der Waals surface area (Å²) < 4.78 is 5.46. The maximum atomic E-state index is 5.46. The number of aryl methyl sites for hydroxylation is 1. The van der Waals surface area contributed by atoms with Crippen molar-refractivity contribution >= 4 is 5.82 Å². The molecule has 0 amide bonds. The lowest BCUT2D eigenvalue weighted by molar-refractivity contribution is 0.340. The van der Waals surface area contributed by atoms with Gasteiger partial charge in [0.2, 0.25) is 0 Å². The van der Waals surface area contributed by atoms with Gasteiger partial charge in [-0.1, -0.05) is 0 Å². The molecule has 3 rings (SSSR count). The van der Waals surface area contributed by atoms with Gasteiger partial charge in [-0.3, -0.25) is 0 Å². The van der Waals surface area contributed by atoms with Crippen molar-refractivity contribution in [3.8, 4) is 17.1 Å². The molecule has 0 saturated heterocycles. The lowest BCUT2D eigenvalue weighted by atomic mass is 10.1. The molecule has 0 spiro atoms. The molecule has 4 heteroatoms. The van der Waals surface area contributed by atoms with E-state index in [0.717, 1.165) is 35.8 Å². The van der Waals surface area contributed by atoms with Crippen molar-refractivity contribution in [2.24, 2.45) is 0 Å². The number of nitrogens with zero attached hydrogens (tertiary/aromatic N) is 2. The fourth-order valence-electron chi connectivity index (χ4n) is 2.64. The topological polar surface area (TPSA) is 47.0 Å². The molecule has 1 N–H and O–H groups in total. The number of nitrogens with one attached hydrogen (secondary N) is 1. The van der Waals surface area contributed by atoms with Gasteiger partial charge in [0.1, 0.15) is 11.6 Å². The van der Waals surface area contributed by atoms with Gasteiger partial charge in [0.15, 0.2) is 5.82 Å². The summed E-state index contributed by atoms with van der Waals surface area (Å²) in [6, 6.07) is 7.96. The molecule has 0 atom stereocenters. The van der Waals surface area contributed by atoms with E-state index in [1.807, 2.05) is 38.2 Å². The number of fused-ring (bicyclic) bond motifs is 1. The highest BCUT2D eigenvalue weighted by molar-refractivity contribution is 5.61. The Morgan fingerprint density at radius 3 is 2.65 bits per heavy atom. The van der Waals surface area contributed by atoms with E-state index in [2.05, 4.69) is 10.3 Å². The maximum Gasteiger partial charge on any atom is 0.161 e. The van der Waals surface area contributed by atoms with E-state index in [1.54, 1.807) is 0 Å². The van der Waals surface area contributed by atoms with Gasteiger partial charge in [-0.05, 0) is 50.5 Å². The van der Waals surface area contributed by atoms with Crippen LogP contribution in [0.15, 0.2) is 24.3 Å². The third-order valence-electron chi connectivity index (χ3n) is 3.59. The Bertz CT molecular complexity index is 608. The fourth-order valence-corrected chi connectivity index (χ4v) is 2.64. The van der Waals surface area contributed by atoms with Gasteiger partial charge in [0, 0.05) is 23.9 Å². The van der Waals surface area contributed by atoms with Crippen molar-refractivity contribution < 1.29 is 4.74 Å². The van der Waals surface area contributed by atoms with Gasteiger partial charge in [-0.25, -0.2) is 9.97 Å². The summed E-state index contributed by atoms with van der Waals surface area (Å²) in [5.74, 6) is 2.64. The molecular formula is C16H19N3O. The summed E-state index contributed by atoms with van der Waals surface area (Å²) in [5, 5.41) is 3.19. The number of rotatable bonds is 4. The molecule has 0 bridgehead atoms. The van der Waals surface area contributed by atoms with Crippen molar-refractivity contribution in [1.29, 1.82) is 0 Å². The first kappa shape index (κ1) is 12.9. The molecule has 0 saturated carbocycles. The van der Waals surface area contributed by atoms with E-state index < -0.39 is 0 Å². The van der Waals surface area contributed by atoms with Crippen LogP contribution >= 0.6 is 0 Å². The zero-order valence-corrected chi connectivity index (χ0v) is 11.9. The molecule has 2 aromatic rings. The van der Waals surface area contributed by atoms with Crippen LogP contribution in [-0.4, -0.2) is 23.6 Å². The summed E-state index contributed by atoms with van der Waals surface area (Å²) in [6.45, 7) is 2.66. The minimum absolute atomic E-state index is 0.679.